The molecule has 1 saturated heterocycles. The zero-order valence-electron chi connectivity index (χ0n) is 14.8. The van der Waals surface area contributed by atoms with Crippen molar-refractivity contribution in [3.05, 3.63) is 65.7 Å². The van der Waals surface area contributed by atoms with Gasteiger partial charge in [0.2, 0.25) is 11.8 Å². The summed E-state index contributed by atoms with van der Waals surface area (Å²) in [7, 11) is 1.77. The molecular formula is C21H22N2O3. The number of hydrogen-bond acceptors (Lipinski definition) is 3. The number of fused-ring (bicyclic) bond motifs is 1. The number of nitrogens with zero attached hydrogens (tertiary/aromatic N) is 2. The van der Waals surface area contributed by atoms with Gasteiger partial charge in [-0.1, -0.05) is 48.5 Å². The fourth-order valence-electron chi connectivity index (χ4n) is 4.09. The Morgan fingerprint density at radius 2 is 1.77 bits per heavy atom. The lowest BCUT2D eigenvalue weighted by Gasteiger charge is -2.38. The number of aliphatic hydroxyl groups is 1. The lowest BCUT2D eigenvalue weighted by atomic mass is 9.73. The number of amides is 2. The molecule has 2 aromatic rings. The van der Waals surface area contributed by atoms with Crippen molar-refractivity contribution >= 4 is 17.5 Å². The Morgan fingerprint density at radius 3 is 2.46 bits per heavy atom. The van der Waals surface area contributed by atoms with E-state index in [0.717, 1.165) is 16.8 Å². The van der Waals surface area contributed by atoms with E-state index >= 15 is 0 Å². The van der Waals surface area contributed by atoms with Crippen LogP contribution in [0.1, 0.15) is 17.5 Å². The van der Waals surface area contributed by atoms with Crippen molar-refractivity contribution in [1.29, 1.82) is 0 Å². The number of likely N-dealkylation sites (tertiary alicyclic amines) is 1. The maximum absolute atomic E-state index is 13.3. The zero-order valence-corrected chi connectivity index (χ0v) is 14.8. The zero-order chi connectivity index (χ0) is 18.3. The lowest BCUT2D eigenvalue weighted by molar-refractivity contribution is -0.144. The summed E-state index contributed by atoms with van der Waals surface area (Å²) in [5, 5.41) is 9.51. The molecule has 2 heterocycles. The molecule has 2 aromatic carbocycles. The summed E-state index contributed by atoms with van der Waals surface area (Å²) in [5.74, 6) is -0.123. The average Bonchev–Trinajstić information content (AvgIpc) is 2.83. The van der Waals surface area contributed by atoms with Crippen LogP contribution in [0.25, 0.3) is 0 Å². The number of likely N-dealkylation sites (N-methyl/N-ethyl adjacent to an activating group) is 1. The SMILES string of the molecule is CN1C(=O)C(CC(=O)N2CC(O)C2)(Cc2ccccc2)c2ccccc21. The number of aliphatic hydroxyl groups excluding tert-OH is 1. The third-order valence-electron chi connectivity index (χ3n) is 5.51. The molecule has 1 atom stereocenters. The summed E-state index contributed by atoms with van der Waals surface area (Å²) in [6.45, 7) is 0.706. The van der Waals surface area contributed by atoms with Crippen LogP contribution in [-0.4, -0.2) is 48.1 Å². The molecule has 0 spiro atoms. The van der Waals surface area contributed by atoms with Crippen LogP contribution in [0, 0.1) is 0 Å². The first kappa shape index (κ1) is 16.8. The molecule has 1 N–H and O–H groups in total. The van der Waals surface area contributed by atoms with Gasteiger partial charge in [-0.05, 0) is 23.6 Å². The van der Waals surface area contributed by atoms with Gasteiger partial charge in [-0.3, -0.25) is 9.59 Å². The summed E-state index contributed by atoms with van der Waals surface area (Å²) in [6.07, 6.45) is 0.156. The number of hydrogen-bond donors (Lipinski definition) is 1. The number of benzene rings is 2. The molecular weight excluding hydrogens is 328 g/mol. The Labute approximate surface area is 152 Å². The highest BCUT2D eigenvalue weighted by Gasteiger charge is 2.51. The molecule has 2 amide bonds. The van der Waals surface area contributed by atoms with Gasteiger partial charge in [0.25, 0.3) is 0 Å². The van der Waals surface area contributed by atoms with Crippen LogP contribution in [0.3, 0.4) is 0 Å². The third-order valence-corrected chi connectivity index (χ3v) is 5.51. The van der Waals surface area contributed by atoms with E-state index in [9.17, 15) is 14.7 Å². The second-order valence-corrected chi connectivity index (χ2v) is 7.26. The maximum atomic E-state index is 13.3. The number of carbonyl (C=O) groups is 2. The van der Waals surface area contributed by atoms with Crippen molar-refractivity contribution in [3.8, 4) is 0 Å². The Balaban J connectivity index is 1.75. The van der Waals surface area contributed by atoms with Gasteiger partial charge in [-0.2, -0.15) is 0 Å². The first-order chi connectivity index (χ1) is 12.5. The van der Waals surface area contributed by atoms with Crippen molar-refractivity contribution in [1.82, 2.24) is 4.90 Å². The predicted molar refractivity (Wildman–Crippen MR) is 98.9 cm³/mol. The molecule has 2 aliphatic rings. The van der Waals surface area contributed by atoms with Gasteiger partial charge in [0.15, 0.2) is 0 Å². The lowest BCUT2D eigenvalue weighted by Crippen LogP contribution is -2.55. The smallest absolute Gasteiger partial charge is 0.238 e. The van der Waals surface area contributed by atoms with E-state index in [1.807, 2.05) is 54.6 Å². The van der Waals surface area contributed by atoms with Crippen LogP contribution in [-0.2, 0) is 21.4 Å². The monoisotopic (exact) mass is 350 g/mol. The fourth-order valence-corrected chi connectivity index (χ4v) is 4.09. The minimum atomic E-state index is -0.898. The quantitative estimate of drug-likeness (QED) is 0.914. The molecule has 0 aliphatic carbocycles. The molecule has 1 unspecified atom stereocenters. The number of anilines is 1. The van der Waals surface area contributed by atoms with Gasteiger partial charge >= 0.3 is 0 Å². The molecule has 26 heavy (non-hydrogen) atoms. The van der Waals surface area contributed by atoms with Crippen LogP contribution in [0.2, 0.25) is 0 Å². The summed E-state index contributed by atoms with van der Waals surface area (Å²) in [4.78, 5) is 29.4. The third kappa shape index (κ3) is 2.59. The molecule has 0 bridgehead atoms. The molecule has 4 rings (SSSR count). The van der Waals surface area contributed by atoms with E-state index < -0.39 is 11.5 Å². The molecule has 2 aliphatic heterocycles. The van der Waals surface area contributed by atoms with Crippen LogP contribution in [0.5, 0.6) is 0 Å². The Morgan fingerprint density at radius 1 is 1.12 bits per heavy atom. The van der Waals surface area contributed by atoms with Gasteiger partial charge in [-0.15, -0.1) is 0 Å². The molecule has 5 heteroatoms. The Hall–Kier alpha value is -2.66. The largest absolute Gasteiger partial charge is 0.389 e. The van der Waals surface area contributed by atoms with E-state index in [1.165, 1.54) is 0 Å². The summed E-state index contributed by atoms with van der Waals surface area (Å²) in [6, 6.07) is 17.5. The fraction of sp³-hybridized carbons (Fsp3) is 0.333. The van der Waals surface area contributed by atoms with E-state index in [0.29, 0.717) is 19.5 Å². The molecule has 134 valence electrons. The highest BCUT2D eigenvalue weighted by Crippen LogP contribution is 2.46. The highest BCUT2D eigenvalue weighted by molar-refractivity contribution is 6.10. The first-order valence-corrected chi connectivity index (χ1v) is 8.89. The Bertz CT molecular complexity index is 845. The first-order valence-electron chi connectivity index (χ1n) is 8.89. The van der Waals surface area contributed by atoms with Gasteiger partial charge in [-0.25, -0.2) is 0 Å². The van der Waals surface area contributed by atoms with Crippen LogP contribution < -0.4 is 4.90 Å². The minimum Gasteiger partial charge on any atom is -0.389 e. The van der Waals surface area contributed by atoms with Crippen LogP contribution in [0.15, 0.2) is 54.6 Å². The number of para-hydroxylation sites is 1. The average molecular weight is 350 g/mol. The molecule has 0 saturated carbocycles. The van der Waals surface area contributed by atoms with E-state index in [1.54, 1.807) is 16.8 Å². The number of β-amino-alcohol motifs (C(OH)–C–C–N with tert-alkyl or cyclic N) is 1. The van der Waals surface area contributed by atoms with E-state index in [2.05, 4.69) is 0 Å². The predicted octanol–water partition coefficient (Wildman–Crippen LogP) is 1.74. The van der Waals surface area contributed by atoms with Crippen LogP contribution in [0.4, 0.5) is 5.69 Å². The summed E-state index contributed by atoms with van der Waals surface area (Å²) < 4.78 is 0. The number of rotatable bonds is 4. The molecule has 1 fully saturated rings. The normalized spacial score (nSPS) is 22.3. The van der Waals surface area contributed by atoms with Crippen molar-refractivity contribution in [3.63, 3.8) is 0 Å². The minimum absolute atomic E-state index is 0.0445. The van der Waals surface area contributed by atoms with E-state index in [4.69, 9.17) is 0 Å². The second kappa shape index (κ2) is 6.25. The topological polar surface area (TPSA) is 60.9 Å². The van der Waals surface area contributed by atoms with Crippen molar-refractivity contribution in [2.24, 2.45) is 0 Å². The molecule has 5 nitrogen and oxygen atoms in total. The van der Waals surface area contributed by atoms with Gasteiger partial charge in [0.05, 0.1) is 11.5 Å². The van der Waals surface area contributed by atoms with Crippen molar-refractivity contribution in [2.75, 3.05) is 25.0 Å². The number of carbonyl (C=O) groups excluding carboxylic acids is 2. The van der Waals surface area contributed by atoms with Crippen molar-refractivity contribution < 1.29 is 14.7 Å². The van der Waals surface area contributed by atoms with Gasteiger partial charge in [0, 0.05) is 32.2 Å². The standard InChI is InChI=1S/C21H22N2O3/c1-22-18-10-6-5-9-17(18)21(20(22)26,11-15-7-3-2-4-8-15)12-19(25)23-13-16(24)14-23/h2-10,16,24H,11-14H2,1H3. The Kier molecular flexibility index (Phi) is 4.04. The second-order valence-electron chi connectivity index (χ2n) is 7.26. The van der Waals surface area contributed by atoms with Crippen molar-refractivity contribution in [2.45, 2.75) is 24.4 Å². The van der Waals surface area contributed by atoms with Crippen LogP contribution >= 0.6 is 0 Å². The summed E-state index contributed by atoms with van der Waals surface area (Å²) >= 11 is 0. The summed E-state index contributed by atoms with van der Waals surface area (Å²) in [5.41, 5.74) is 1.91. The molecule has 0 aromatic heterocycles. The van der Waals surface area contributed by atoms with E-state index in [-0.39, 0.29) is 18.2 Å². The molecule has 0 radical (unpaired) electrons. The maximum Gasteiger partial charge on any atom is 0.238 e. The van der Waals surface area contributed by atoms with Gasteiger partial charge in [0.1, 0.15) is 0 Å². The van der Waals surface area contributed by atoms with Gasteiger partial charge < -0.3 is 14.9 Å². The highest BCUT2D eigenvalue weighted by atomic mass is 16.3.